The number of rotatable bonds is 3. The van der Waals surface area contributed by atoms with Gasteiger partial charge in [-0.05, 0) is 60.7 Å². The molecule has 0 spiro atoms. The number of hydrogen-bond acceptors (Lipinski definition) is 6. The number of carbonyl (C=O) groups is 4. The highest BCUT2D eigenvalue weighted by Crippen LogP contribution is 2.65. The Labute approximate surface area is 249 Å². The molecule has 3 fully saturated rings. The number of anilines is 1. The number of nitrogens with zero attached hydrogens (tertiary/aromatic N) is 2. The number of carbonyl (C=O) groups excluding carboxylic acids is 4. The quantitative estimate of drug-likeness (QED) is 0.296. The zero-order valence-corrected chi connectivity index (χ0v) is 24.2. The Hall–Kier alpha value is -2.78. The molecule has 4 aliphatic rings. The van der Waals surface area contributed by atoms with Crippen LogP contribution in [0.4, 0.5) is 5.69 Å². The number of allylic oxidation sites excluding steroid dienone is 2. The van der Waals surface area contributed by atoms with Crippen LogP contribution in [0.25, 0.3) is 0 Å². The van der Waals surface area contributed by atoms with Gasteiger partial charge in [-0.3, -0.25) is 29.0 Å². The van der Waals surface area contributed by atoms with E-state index in [4.69, 9.17) is 51.1 Å². The minimum Gasteiger partial charge on any atom is -0.503 e. The second-order valence-electron chi connectivity index (χ2n) is 10.5. The van der Waals surface area contributed by atoms with Crippen molar-refractivity contribution in [1.82, 2.24) is 4.90 Å². The highest BCUT2D eigenvalue weighted by atomic mass is 35.5. The fourth-order valence-electron chi connectivity index (χ4n) is 6.88. The van der Waals surface area contributed by atoms with Crippen LogP contribution in [0.3, 0.4) is 0 Å². The van der Waals surface area contributed by atoms with Gasteiger partial charge in [0, 0.05) is 18.0 Å². The minimum absolute atomic E-state index is 0.0329. The molecule has 0 bridgehead atoms. The summed E-state index contributed by atoms with van der Waals surface area (Å²) in [4.78, 5) is 52.9. The summed E-state index contributed by atoms with van der Waals surface area (Å²) in [6.07, 6.45) is 1.90. The van der Waals surface area contributed by atoms with Crippen molar-refractivity contribution in [2.45, 2.75) is 28.5 Å². The molecule has 2 saturated heterocycles. The number of phenolic OH excluding ortho intramolecular Hbond substituents is 1. The molecule has 40 heavy (non-hydrogen) atoms. The number of phenols is 1. The van der Waals surface area contributed by atoms with Gasteiger partial charge in [0.25, 0.3) is 11.8 Å². The number of benzene rings is 2. The van der Waals surface area contributed by atoms with Gasteiger partial charge in [0.2, 0.25) is 11.8 Å². The molecular formula is C28H22Cl4N2O6. The Bertz CT molecular complexity index is 1540. The molecule has 6 rings (SSSR count). The number of imide groups is 2. The van der Waals surface area contributed by atoms with Gasteiger partial charge in [-0.25, -0.2) is 0 Å². The van der Waals surface area contributed by atoms with E-state index in [0.717, 1.165) is 9.80 Å². The summed E-state index contributed by atoms with van der Waals surface area (Å²) < 4.78 is 5.30. The summed E-state index contributed by atoms with van der Waals surface area (Å²) >= 11 is 26.7. The highest BCUT2D eigenvalue weighted by molar-refractivity contribution is 6.53. The lowest BCUT2D eigenvalue weighted by Crippen LogP contribution is -2.60. The Morgan fingerprint density at radius 2 is 1.65 bits per heavy atom. The molecule has 2 aliphatic heterocycles. The van der Waals surface area contributed by atoms with Crippen LogP contribution in [0, 0.1) is 17.8 Å². The average Bonchev–Trinajstić information content (AvgIpc) is 3.25. The van der Waals surface area contributed by atoms with E-state index < -0.39 is 51.1 Å². The molecule has 0 aromatic heterocycles. The molecule has 6 atom stereocenters. The van der Waals surface area contributed by atoms with E-state index in [-0.39, 0.29) is 35.3 Å². The van der Waals surface area contributed by atoms with Crippen LogP contribution >= 0.6 is 46.4 Å². The molecule has 1 saturated carbocycles. The molecule has 2 aromatic rings. The van der Waals surface area contributed by atoms with Gasteiger partial charge in [0.1, 0.15) is 0 Å². The van der Waals surface area contributed by atoms with E-state index in [2.05, 4.69) is 0 Å². The number of ether oxygens (including phenoxy) is 1. The topological polar surface area (TPSA) is 104 Å². The third kappa shape index (κ3) is 3.39. The lowest BCUT2D eigenvalue weighted by Gasteiger charge is -2.50. The van der Waals surface area contributed by atoms with Gasteiger partial charge in [-0.15, -0.1) is 23.2 Å². The SMILES string of the molecule is COc1cc([C@H]2C3=CC[C@@H]4C(=O)N(c5ccc(Cl)cc5)C(=O)[C@@H]4[C@@H]3C[C@@]3(Cl)C(=O)N(C)C(=O)[C@@]23Cl)cc(Cl)c1O. The first-order valence-corrected chi connectivity index (χ1v) is 14.0. The number of methoxy groups -OCH3 is 1. The van der Waals surface area contributed by atoms with Crippen molar-refractivity contribution < 1.29 is 29.0 Å². The number of amides is 4. The van der Waals surface area contributed by atoms with Crippen LogP contribution in [0.15, 0.2) is 48.0 Å². The third-order valence-corrected chi connectivity index (χ3v) is 10.7. The molecule has 8 nitrogen and oxygen atoms in total. The summed E-state index contributed by atoms with van der Waals surface area (Å²) in [5.74, 6) is -5.70. The predicted octanol–water partition coefficient (Wildman–Crippen LogP) is 4.90. The number of likely N-dealkylation sites (tertiary alicyclic amines) is 1. The van der Waals surface area contributed by atoms with E-state index in [0.29, 0.717) is 21.8 Å². The number of alkyl halides is 2. The van der Waals surface area contributed by atoms with E-state index in [1.807, 2.05) is 6.08 Å². The summed E-state index contributed by atoms with van der Waals surface area (Å²) in [7, 11) is 2.66. The van der Waals surface area contributed by atoms with E-state index in [9.17, 15) is 24.3 Å². The van der Waals surface area contributed by atoms with Gasteiger partial charge < -0.3 is 9.84 Å². The molecule has 2 aliphatic carbocycles. The van der Waals surface area contributed by atoms with Crippen molar-refractivity contribution in [1.29, 1.82) is 0 Å². The largest absolute Gasteiger partial charge is 0.503 e. The molecule has 0 radical (unpaired) electrons. The number of aromatic hydroxyl groups is 1. The van der Waals surface area contributed by atoms with Crippen molar-refractivity contribution in [2.75, 3.05) is 19.1 Å². The van der Waals surface area contributed by atoms with Crippen molar-refractivity contribution >= 4 is 75.7 Å². The van der Waals surface area contributed by atoms with E-state index >= 15 is 0 Å². The second-order valence-corrected chi connectivity index (χ2v) is 12.6. The Balaban J connectivity index is 1.53. The molecule has 1 N–H and O–H groups in total. The van der Waals surface area contributed by atoms with Crippen LogP contribution in [0.1, 0.15) is 24.3 Å². The lowest BCUT2D eigenvalue weighted by atomic mass is 9.56. The molecule has 2 aromatic carbocycles. The predicted molar refractivity (Wildman–Crippen MR) is 149 cm³/mol. The van der Waals surface area contributed by atoms with Crippen LogP contribution in [0.2, 0.25) is 10.0 Å². The number of fused-ring (bicyclic) bond motifs is 4. The number of halogens is 4. The second kappa shape index (κ2) is 9.11. The van der Waals surface area contributed by atoms with Crippen LogP contribution in [-0.2, 0) is 19.2 Å². The minimum atomic E-state index is -1.97. The fraction of sp³-hybridized carbons (Fsp3) is 0.357. The highest BCUT2D eigenvalue weighted by Gasteiger charge is 2.76. The summed E-state index contributed by atoms with van der Waals surface area (Å²) in [6.45, 7) is 0. The van der Waals surface area contributed by atoms with Gasteiger partial charge in [0.15, 0.2) is 21.2 Å². The zero-order valence-electron chi connectivity index (χ0n) is 21.2. The van der Waals surface area contributed by atoms with E-state index in [1.54, 1.807) is 24.3 Å². The smallest absolute Gasteiger partial charge is 0.253 e. The summed E-state index contributed by atoms with van der Waals surface area (Å²) in [5, 5.41) is 10.8. The third-order valence-electron chi connectivity index (χ3n) is 8.70. The summed E-state index contributed by atoms with van der Waals surface area (Å²) in [6, 6.07) is 9.31. The van der Waals surface area contributed by atoms with Crippen LogP contribution in [0.5, 0.6) is 11.5 Å². The molecule has 0 unspecified atom stereocenters. The monoisotopic (exact) mass is 622 g/mol. The van der Waals surface area contributed by atoms with Gasteiger partial charge >= 0.3 is 0 Å². The van der Waals surface area contributed by atoms with E-state index in [1.165, 1.54) is 26.3 Å². The molecular weight excluding hydrogens is 602 g/mol. The first kappa shape index (κ1) is 27.4. The van der Waals surface area contributed by atoms with Gasteiger partial charge in [-0.2, -0.15) is 0 Å². The van der Waals surface area contributed by atoms with Crippen molar-refractivity contribution in [3.05, 3.63) is 63.7 Å². The maximum absolute atomic E-state index is 14.0. The van der Waals surface area contributed by atoms with Crippen LogP contribution in [-0.4, -0.2) is 57.5 Å². The Morgan fingerprint density at radius 3 is 2.30 bits per heavy atom. The van der Waals surface area contributed by atoms with Crippen molar-refractivity contribution in [2.24, 2.45) is 17.8 Å². The lowest BCUT2D eigenvalue weighted by molar-refractivity contribution is -0.138. The summed E-state index contributed by atoms with van der Waals surface area (Å²) in [5.41, 5.74) is 1.36. The molecule has 2 heterocycles. The van der Waals surface area contributed by atoms with Gasteiger partial charge in [-0.1, -0.05) is 34.9 Å². The average molecular weight is 624 g/mol. The zero-order chi connectivity index (χ0) is 28.9. The first-order chi connectivity index (χ1) is 18.9. The normalized spacial score (nSPS) is 33.1. The van der Waals surface area contributed by atoms with Crippen molar-refractivity contribution in [3.63, 3.8) is 0 Å². The van der Waals surface area contributed by atoms with Gasteiger partial charge in [0.05, 0.1) is 29.7 Å². The molecule has 12 heteroatoms. The standard InChI is InChI=1S/C28H22Cl4N2O6/c1-33-25(38)27(31)11-17-15(21(28(27,32)26(33)39)12-9-18(30)22(35)19(10-12)40-2)7-8-16-20(17)24(37)34(23(16)36)14-5-3-13(29)4-6-14/h3-7,9-10,16-17,20-21,35H,8,11H2,1-2H3/t16-,17+,20-,21-,27+,28-/m0/s1. The molecule has 208 valence electrons. The fourth-order valence-corrected chi connectivity index (χ4v) is 8.24. The Morgan fingerprint density at radius 1 is 0.975 bits per heavy atom. The van der Waals surface area contributed by atoms with Crippen LogP contribution < -0.4 is 9.64 Å². The van der Waals surface area contributed by atoms with Crippen molar-refractivity contribution in [3.8, 4) is 11.5 Å². The maximum atomic E-state index is 14.0. The first-order valence-electron chi connectivity index (χ1n) is 12.5. The maximum Gasteiger partial charge on any atom is 0.253 e. The number of hydrogen-bond donors (Lipinski definition) is 1. The Kier molecular flexibility index (Phi) is 6.24. The molecule has 4 amide bonds.